The average Bonchev–Trinajstić information content (AvgIpc) is 2.66. The monoisotopic (exact) mass is 352 g/mol. The van der Waals surface area contributed by atoms with Crippen LogP contribution in [0.1, 0.15) is 17.0 Å². The Morgan fingerprint density at radius 3 is 2.75 bits per heavy atom. The zero-order valence-corrected chi connectivity index (χ0v) is 14.1. The van der Waals surface area contributed by atoms with Crippen LogP contribution in [0, 0.1) is 13.8 Å². The number of anilines is 1. The first-order valence-corrected chi connectivity index (χ1v) is 7.48. The van der Waals surface area contributed by atoms with Crippen LogP contribution in [0.15, 0.2) is 28.7 Å². The molecule has 0 aliphatic rings. The Kier molecular flexibility index (Phi) is 4.77. The van der Waals surface area contributed by atoms with Crippen molar-refractivity contribution in [1.82, 2.24) is 15.1 Å². The normalized spacial score (nSPS) is 10.4. The third-order valence-corrected chi connectivity index (χ3v) is 4.49. The molecule has 4 nitrogen and oxygen atoms in total. The van der Waals surface area contributed by atoms with Gasteiger partial charge in [0, 0.05) is 12.7 Å². The predicted molar refractivity (Wildman–Crippen MR) is 90.2 cm³/mol. The number of hydrogen-bond donors (Lipinski definition) is 2. The summed E-state index contributed by atoms with van der Waals surface area (Å²) in [7, 11) is 1.80. The average molecular weight is 353 g/mol. The van der Waals surface area contributed by atoms with Crippen molar-refractivity contribution in [2.45, 2.75) is 20.4 Å². The lowest BCUT2D eigenvalue weighted by atomic mass is 10.2. The molecule has 20 heavy (non-hydrogen) atoms. The number of nitrogens with one attached hydrogen (secondary N) is 2. The maximum atomic E-state index is 5.11. The summed E-state index contributed by atoms with van der Waals surface area (Å²) in [5, 5.41) is 11.2. The molecule has 106 valence electrons. The number of hydrogen-bond acceptors (Lipinski definition) is 2. The maximum Gasteiger partial charge on any atom is 0.170 e. The van der Waals surface area contributed by atoms with Gasteiger partial charge in [0.1, 0.15) is 0 Å². The van der Waals surface area contributed by atoms with Crippen molar-refractivity contribution in [1.29, 1.82) is 0 Å². The number of aromatic nitrogens is 2. The first-order chi connectivity index (χ1) is 9.51. The standard InChI is InChI=1S/C14H17BrN4S/c1-9-13(15)10(2)19(18-9)8-11-5-4-6-12(7-11)17-14(20)16-3/h4-7H,8H2,1-3H3,(H2,16,17,20). The number of aryl methyl sites for hydroxylation is 1. The van der Waals surface area contributed by atoms with E-state index < -0.39 is 0 Å². The molecular weight excluding hydrogens is 336 g/mol. The quantitative estimate of drug-likeness (QED) is 0.832. The van der Waals surface area contributed by atoms with Crippen molar-refractivity contribution in [3.63, 3.8) is 0 Å². The highest BCUT2D eigenvalue weighted by Crippen LogP contribution is 2.21. The van der Waals surface area contributed by atoms with Gasteiger partial charge in [0.15, 0.2) is 5.11 Å². The van der Waals surface area contributed by atoms with Crippen molar-refractivity contribution in [2.24, 2.45) is 0 Å². The molecule has 0 saturated carbocycles. The molecule has 1 aromatic carbocycles. The minimum Gasteiger partial charge on any atom is -0.366 e. The van der Waals surface area contributed by atoms with E-state index in [0.717, 1.165) is 28.1 Å². The molecule has 0 saturated heterocycles. The van der Waals surface area contributed by atoms with E-state index in [4.69, 9.17) is 12.2 Å². The highest BCUT2D eigenvalue weighted by molar-refractivity contribution is 9.10. The fourth-order valence-corrected chi connectivity index (χ4v) is 2.34. The molecule has 0 bridgehead atoms. The minimum atomic E-state index is 0.607. The van der Waals surface area contributed by atoms with Gasteiger partial charge in [-0.25, -0.2) is 0 Å². The van der Waals surface area contributed by atoms with Gasteiger partial charge in [-0.3, -0.25) is 4.68 Å². The minimum absolute atomic E-state index is 0.607. The summed E-state index contributed by atoms with van der Waals surface area (Å²) in [6.07, 6.45) is 0. The summed E-state index contributed by atoms with van der Waals surface area (Å²) in [5.74, 6) is 0. The Morgan fingerprint density at radius 1 is 1.40 bits per heavy atom. The van der Waals surface area contributed by atoms with E-state index in [9.17, 15) is 0 Å². The number of rotatable bonds is 3. The highest BCUT2D eigenvalue weighted by atomic mass is 79.9. The lowest BCUT2D eigenvalue weighted by molar-refractivity contribution is 0.659. The fraction of sp³-hybridized carbons (Fsp3) is 0.286. The lowest BCUT2D eigenvalue weighted by Crippen LogP contribution is -2.24. The molecule has 0 aliphatic carbocycles. The van der Waals surface area contributed by atoms with E-state index in [1.807, 2.05) is 23.7 Å². The largest absolute Gasteiger partial charge is 0.366 e. The lowest BCUT2D eigenvalue weighted by Gasteiger charge is -2.10. The molecule has 0 spiro atoms. The number of nitrogens with zero attached hydrogens (tertiary/aromatic N) is 2. The van der Waals surface area contributed by atoms with Crippen molar-refractivity contribution in [3.05, 3.63) is 45.7 Å². The molecule has 0 amide bonds. The SMILES string of the molecule is CNC(=S)Nc1cccc(Cn2nc(C)c(Br)c2C)c1. The molecular formula is C14H17BrN4S. The van der Waals surface area contributed by atoms with E-state index in [1.165, 1.54) is 5.56 Å². The number of thiocarbonyl (C=S) groups is 1. The van der Waals surface area contributed by atoms with Gasteiger partial charge in [0.05, 0.1) is 22.4 Å². The van der Waals surface area contributed by atoms with Crippen LogP contribution < -0.4 is 10.6 Å². The summed E-state index contributed by atoms with van der Waals surface area (Å²) in [4.78, 5) is 0. The zero-order chi connectivity index (χ0) is 14.7. The van der Waals surface area contributed by atoms with Gasteiger partial charge in [-0.1, -0.05) is 12.1 Å². The number of halogens is 1. The van der Waals surface area contributed by atoms with Crippen LogP contribution in [-0.4, -0.2) is 21.9 Å². The van der Waals surface area contributed by atoms with Crippen LogP contribution in [-0.2, 0) is 6.54 Å². The van der Waals surface area contributed by atoms with Gasteiger partial charge in [-0.15, -0.1) is 0 Å². The molecule has 0 atom stereocenters. The third kappa shape index (κ3) is 3.37. The molecule has 6 heteroatoms. The van der Waals surface area contributed by atoms with Crippen molar-refractivity contribution in [3.8, 4) is 0 Å². The van der Waals surface area contributed by atoms with E-state index in [0.29, 0.717) is 5.11 Å². The molecule has 0 fully saturated rings. The summed E-state index contributed by atoms with van der Waals surface area (Å²) in [5.41, 5.74) is 4.29. The predicted octanol–water partition coefficient (Wildman–Crippen LogP) is 3.23. The highest BCUT2D eigenvalue weighted by Gasteiger charge is 2.09. The molecule has 1 aromatic heterocycles. The summed E-state index contributed by atoms with van der Waals surface area (Å²) < 4.78 is 3.07. The van der Waals surface area contributed by atoms with Crippen LogP contribution >= 0.6 is 28.1 Å². The van der Waals surface area contributed by atoms with Crippen LogP contribution in [0.4, 0.5) is 5.69 Å². The van der Waals surface area contributed by atoms with Crippen LogP contribution in [0.25, 0.3) is 0 Å². The van der Waals surface area contributed by atoms with Gasteiger partial charge in [-0.2, -0.15) is 5.10 Å². The Morgan fingerprint density at radius 2 is 2.15 bits per heavy atom. The fourth-order valence-electron chi connectivity index (χ4n) is 1.94. The van der Waals surface area contributed by atoms with E-state index in [2.05, 4.69) is 50.7 Å². The smallest absolute Gasteiger partial charge is 0.170 e. The van der Waals surface area contributed by atoms with Crippen LogP contribution in [0.5, 0.6) is 0 Å². The number of benzene rings is 1. The maximum absolute atomic E-state index is 5.11. The van der Waals surface area contributed by atoms with Crippen molar-refractivity contribution >= 4 is 38.9 Å². The Balaban J connectivity index is 2.19. The second-order valence-corrected chi connectivity index (χ2v) is 5.75. The van der Waals surface area contributed by atoms with Gasteiger partial charge in [-0.05, 0) is 59.7 Å². The van der Waals surface area contributed by atoms with Gasteiger partial charge >= 0.3 is 0 Å². The summed E-state index contributed by atoms with van der Waals surface area (Å²) >= 11 is 8.65. The van der Waals surface area contributed by atoms with Crippen molar-refractivity contribution in [2.75, 3.05) is 12.4 Å². The summed E-state index contributed by atoms with van der Waals surface area (Å²) in [6.45, 7) is 4.79. The molecule has 1 heterocycles. The van der Waals surface area contributed by atoms with Crippen LogP contribution in [0.2, 0.25) is 0 Å². The van der Waals surface area contributed by atoms with Gasteiger partial charge < -0.3 is 10.6 Å². The van der Waals surface area contributed by atoms with E-state index in [-0.39, 0.29) is 0 Å². The Bertz CT molecular complexity index is 636. The molecule has 0 radical (unpaired) electrons. The van der Waals surface area contributed by atoms with Crippen LogP contribution in [0.3, 0.4) is 0 Å². The van der Waals surface area contributed by atoms with Crippen molar-refractivity contribution < 1.29 is 0 Å². The molecule has 0 aliphatic heterocycles. The molecule has 2 rings (SSSR count). The Hall–Kier alpha value is -1.40. The molecule has 2 aromatic rings. The topological polar surface area (TPSA) is 41.9 Å². The third-order valence-electron chi connectivity index (χ3n) is 3.04. The second-order valence-electron chi connectivity index (χ2n) is 4.55. The summed E-state index contributed by atoms with van der Waals surface area (Å²) in [6, 6.07) is 8.16. The first kappa shape index (κ1) is 15.0. The van der Waals surface area contributed by atoms with Gasteiger partial charge in [0.25, 0.3) is 0 Å². The Labute approximate surface area is 132 Å². The zero-order valence-electron chi connectivity index (χ0n) is 11.7. The van der Waals surface area contributed by atoms with E-state index >= 15 is 0 Å². The van der Waals surface area contributed by atoms with Gasteiger partial charge in [0.2, 0.25) is 0 Å². The first-order valence-electron chi connectivity index (χ1n) is 6.28. The van der Waals surface area contributed by atoms with E-state index in [1.54, 1.807) is 7.05 Å². The molecule has 0 unspecified atom stereocenters. The second kappa shape index (κ2) is 6.37. The molecule has 2 N–H and O–H groups in total.